The average Bonchev–Trinajstić information content (AvgIpc) is 3.17. The van der Waals surface area contributed by atoms with E-state index in [0.29, 0.717) is 18.9 Å². The summed E-state index contributed by atoms with van der Waals surface area (Å²) >= 11 is 1.69. The SMILES string of the molecule is CC(Nc1cccc(Cn2ccc(OCCc3cccs3)cc2=O)c1)C(N)=O. The topological polar surface area (TPSA) is 86.3 Å². The Bertz CT molecular complexity index is 983. The van der Waals surface area contributed by atoms with Gasteiger partial charge < -0.3 is 20.4 Å². The number of ether oxygens (including phenoxy) is 1. The Hall–Kier alpha value is -3.06. The zero-order chi connectivity index (χ0) is 19.9. The van der Waals surface area contributed by atoms with Crippen LogP contribution in [0.2, 0.25) is 0 Å². The molecule has 0 saturated carbocycles. The van der Waals surface area contributed by atoms with Crippen molar-refractivity contribution < 1.29 is 9.53 Å². The summed E-state index contributed by atoms with van der Waals surface area (Å²) in [6, 6.07) is 14.5. The lowest BCUT2D eigenvalue weighted by atomic mass is 10.2. The number of carbonyl (C=O) groups is 1. The molecule has 0 spiro atoms. The molecular formula is C21H23N3O3S. The number of nitrogens with zero attached hydrogens (tertiary/aromatic N) is 1. The highest BCUT2D eigenvalue weighted by Gasteiger charge is 2.08. The zero-order valence-electron chi connectivity index (χ0n) is 15.6. The maximum Gasteiger partial charge on any atom is 0.254 e. The largest absolute Gasteiger partial charge is 0.493 e. The monoisotopic (exact) mass is 397 g/mol. The molecular weight excluding hydrogens is 374 g/mol. The van der Waals surface area contributed by atoms with E-state index in [9.17, 15) is 9.59 Å². The molecule has 0 radical (unpaired) electrons. The summed E-state index contributed by atoms with van der Waals surface area (Å²) in [5.74, 6) is 0.153. The van der Waals surface area contributed by atoms with Crippen LogP contribution in [-0.2, 0) is 17.8 Å². The van der Waals surface area contributed by atoms with Gasteiger partial charge in [-0.25, -0.2) is 0 Å². The van der Waals surface area contributed by atoms with Crippen molar-refractivity contribution in [2.24, 2.45) is 5.73 Å². The Balaban J connectivity index is 1.61. The molecule has 1 aromatic carbocycles. The minimum Gasteiger partial charge on any atom is -0.493 e. The van der Waals surface area contributed by atoms with E-state index in [1.807, 2.05) is 35.7 Å². The van der Waals surface area contributed by atoms with Crippen LogP contribution in [-0.4, -0.2) is 23.1 Å². The normalized spacial score (nSPS) is 11.8. The number of hydrogen-bond acceptors (Lipinski definition) is 5. The first-order valence-electron chi connectivity index (χ1n) is 9.02. The number of pyridine rings is 1. The first-order valence-corrected chi connectivity index (χ1v) is 9.90. The summed E-state index contributed by atoms with van der Waals surface area (Å²) in [7, 11) is 0. The summed E-state index contributed by atoms with van der Waals surface area (Å²) in [5.41, 5.74) is 6.88. The molecule has 3 rings (SSSR count). The second-order valence-electron chi connectivity index (χ2n) is 6.48. The maximum atomic E-state index is 12.4. The number of anilines is 1. The van der Waals surface area contributed by atoms with Crippen LogP contribution in [0, 0.1) is 0 Å². The van der Waals surface area contributed by atoms with Gasteiger partial charge in [0.1, 0.15) is 11.8 Å². The predicted molar refractivity (Wildman–Crippen MR) is 112 cm³/mol. The van der Waals surface area contributed by atoms with Crippen molar-refractivity contribution in [3.05, 3.63) is 80.9 Å². The molecule has 1 unspecified atom stereocenters. The number of nitrogens with two attached hydrogens (primary N) is 1. The van der Waals surface area contributed by atoms with Crippen molar-refractivity contribution in [1.29, 1.82) is 0 Å². The van der Waals surface area contributed by atoms with E-state index in [2.05, 4.69) is 11.4 Å². The van der Waals surface area contributed by atoms with E-state index in [0.717, 1.165) is 17.7 Å². The summed E-state index contributed by atoms with van der Waals surface area (Å²) in [6.45, 7) is 2.67. The molecule has 0 fully saturated rings. The number of hydrogen-bond donors (Lipinski definition) is 2. The number of aromatic nitrogens is 1. The molecule has 2 aromatic heterocycles. The first-order chi connectivity index (χ1) is 13.5. The molecule has 0 saturated heterocycles. The fraction of sp³-hybridized carbons (Fsp3) is 0.238. The van der Waals surface area contributed by atoms with Crippen LogP contribution in [0.15, 0.2) is 64.9 Å². The van der Waals surface area contributed by atoms with Gasteiger partial charge in [-0.2, -0.15) is 0 Å². The molecule has 0 bridgehead atoms. The summed E-state index contributed by atoms with van der Waals surface area (Å²) in [6.07, 6.45) is 2.55. The summed E-state index contributed by atoms with van der Waals surface area (Å²) in [5, 5.41) is 5.08. The Kier molecular flexibility index (Phi) is 6.49. The number of amides is 1. The number of nitrogens with one attached hydrogen (secondary N) is 1. The van der Waals surface area contributed by atoms with Gasteiger partial charge in [-0.05, 0) is 42.1 Å². The average molecular weight is 398 g/mol. The lowest BCUT2D eigenvalue weighted by Gasteiger charge is -2.13. The number of benzene rings is 1. The van der Waals surface area contributed by atoms with Gasteiger partial charge in [-0.3, -0.25) is 9.59 Å². The number of carbonyl (C=O) groups excluding carboxylic acids is 1. The van der Waals surface area contributed by atoms with E-state index >= 15 is 0 Å². The number of thiophene rings is 1. The maximum absolute atomic E-state index is 12.4. The second kappa shape index (κ2) is 9.23. The molecule has 28 heavy (non-hydrogen) atoms. The van der Waals surface area contributed by atoms with Crippen molar-refractivity contribution in [2.45, 2.75) is 25.9 Å². The minimum atomic E-state index is -0.469. The fourth-order valence-electron chi connectivity index (χ4n) is 2.71. The van der Waals surface area contributed by atoms with Crippen molar-refractivity contribution >= 4 is 22.9 Å². The molecule has 0 aliphatic rings. The quantitative estimate of drug-likeness (QED) is 0.581. The number of primary amides is 1. The van der Waals surface area contributed by atoms with Crippen LogP contribution in [0.1, 0.15) is 17.4 Å². The molecule has 0 aliphatic heterocycles. The van der Waals surface area contributed by atoms with E-state index in [1.165, 1.54) is 10.9 Å². The predicted octanol–water partition coefficient (Wildman–Crippen LogP) is 2.87. The number of rotatable bonds is 9. The molecule has 2 heterocycles. The van der Waals surface area contributed by atoms with Crippen LogP contribution in [0.3, 0.4) is 0 Å². The van der Waals surface area contributed by atoms with Crippen molar-refractivity contribution in [3.63, 3.8) is 0 Å². The van der Waals surface area contributed by atoms with E-state index in [1.54, 1.807) is 35.1 Å². The third-order valence-corrected chi connectivity index (χ3v) is 5.19. The van der Waals surface area contributed by atoms with Gasteiger partial charge in [0.25, 0.3) is 5.56 Å². The lowest BCUT2D eigenvalue weighted by molar-refractivity contribution is -0.118. The van der Waals surface area contributed by atoms with Crippen LogP contribution >= 0.6 is 11.3 Å². The van der Waals surface area contributed by atoms with Gasteiger partial charge in [-0.1, -0.05) is 18.2 Å². The third kappa shape index (κ3) is 5.47. The zero-order valence-corrected chi connectivity index (χ0v) is 16.4. The van der Waals surface area contributed by atoms with Gasteiger partial charge in [0.05, 0.1) is 13.2 Å². The van der Waals surface area contributed by atoms with Gasteiger partial charge >= 0.3 is 0 Å². The second-order valence-corrected chi connectivity index (χ2v) is 7.51. The first kappa shape index (κ1) is 19.7. The minimum absolute atomic E-state index is 0.127. The van der Waals surface area contributed by atoms with E-state index in [4.69, 9.17) is 10.5 Å². The van der Waals surface area contributed by atoms with Gasteiger partial charge in [-0.15, -0.1) is 11.3 Å². The molecule has 0 aliphatic carbocycles. The molecule has 1 amide bonds. The van der Waals surface area contributed by atoms with Crippen LogP contribution in [0.5, 0.6) is 5.75 Å². The summed E-state index contributed by atoms with van der Waals surface area (Å²) < 4.78 is 7.30. The Labute approximate surface area is 167 Å². The Morgan fingerprint density at radius 2 is 2.11 bits per heavy atom. The highest BCUT2D eigenvalue weighted by molar-refractivity contribution is 7.09. The molecule has 3 N–H and O–H groups in total. The van der Waals surface area contributed by atoms with E-state index in [-0.39, 0.29) is 5.56 Å². The molecule has 6 nitrogen and oxygen atoms in total. The molecule has 1 atom stereocenters. The van der Waals surface area contributed by atoms with Crippen LogP contribution in [0.25, 0.3) is 0 Å². The van der Waals surface area contributed by atoms with Crippen LogP contribution in [0.4, 0.5) is 5.69 Å². The smallest absolute Gasteiger partial charge is 0.254 e. The molecule has 7 heteroatoms. The highest BCUT2D eigenvalue weighted by atomic mass is 32.1. The van der Waals surface area contributed by atoms with Gasteiger partial charge in [0, 0.05) is 29.2 Å². The Morgan fingerprint density at radius 1 is 1.25 bits per heavy atom. The van der Waals surface area contributed by atoms with E-state index < -0.39 is 11.9 Å². The van der Waals surface area contributed by atoms with Crippen molar-refractivity contribution in [3.8, 4) is 5.75 Å². The third-order valence-electron chi connectivity index (χ3n) is 4.25. The standard InChI is InChI=1S/C21H23N3O3S/c1-15(21(22)26)23-17-5-2-4-16(12-17)14-24-9-7-18(13-20(24)25)27-10-8-19-6-3-11-28-19/h2-7,9,11-13,15,23H,8,10,14H2,1H3,(H2,22,26). The Morgan fingerprint density at radius 3 is 2.82 bits per heavy atom. The lowest BCUT2D eigenvalue weighted by Crippen LogP contribution is -2.32. The van der Waals surface area contributed by atoms with Crippen LogP contribution < -0.4 is 21.3 Å². The summed E-state index contributed by atoms with van der Waals surface area (Å²) in [4.78, 5) is 24.9. The van der Waals surface area contributed by atoms with Gasteiger partial charge in [0.15, 0.2) is 0 Å². The highest BCUT2D eigenvalue weighted by Crippen LogP contribution is 2.14. The van der Waals surface area contributed by atoms with Crippen molar-refractivity contribution in [2.75, 3.05) is 11.9 Å². The fourth-order valence-corrected chi connectivity index (χ4v) is 3.40. The molecule has 146 valence electrons. The molecule has 3 aromatic rings. The van der Waals surface area contributed by atoms with Gasteiger partial charge in [0.2, 0.25) is 5.91 Å². The van der Waals surface area contributed by atoms with Crippen molar-refractivity contribution in [1.82, 2.24) is 4.57 Å².